The number of nitrogens with one attached hydrogen (secondary N) is 1. The van der Waals surface area contributed by atoms with Crippen molar-refractivity contribution in [2.75, 3.05) is 0 Å². The van der Waals surface area contributed by atoms with Gasteiger partial charge in [-0.3, -0.25) is 0 Å². The molecule has 0 fully saturated rings. The van der Waals surface area contributed by atoms with Gasteiger partial charge in [-0.25, -0.2) is 4.39 Å². The van der Waals surface area contributed by atoms with Gasteiger partial charge in [0.1, 0.15) is 5.82 Å². The summed E-state index contributed by atoms with van der Waals surface area (Å²) in [7, 11) is 0. The molecule has 0 saturated carbocycles. The van der Waals surface area contributed by atoms with Crippen molar-refractivity contribution in [3.8, 4) is 0 Å². The van der Waals surface area contributed by atoms with Crippen molar-refractivity contribution in [1.29, 1.82) is 0 Å². The van der Waals surface area contributed by atoms with Gasteiger partial charge in [0.05, 0.1) is 0 Å². The maximum Gasteiger partial charge on any atom is 0.123 e. The van der Waals surface area contributed by atoms with Crippen LogP contribution in [-0.2, 0) is 12.8 Å². The second kappa shape index (κ2) is 5.55. The Morgan fingerprint density at radius 1 is 1.10 bits per heavy atom. The average Bonchev–Trinajstić information content (AvgIpc) is 2.80. The minimum absolute atomic E-state index is 0.191. The summed E-state index contributed by atoms with van der Waals surface area (Å²) < 4.78 is 12.9. The van der Waals surface area contributed by atoms with Crippen LogP contribution in [0.4, 0.5) is 4.39 Å². The van der Waals surface area contributed by atoms with Crippen LogP contribution < -0.4 is 5.32 Å². The van der Waals surface area contributed by atoms with Gasteiger partial charge in [0.15, 0.2) is 0 Å². The highest BCUT2D eigenvalue weighted by atomic mass is 35.5. The van der Waals surface area contributed by atoms with Crippen LogP contribution in [0, 0.1) is 5.82 Å². The minimum atomic E-state index is -0.191. The van der Waals surface area contributed by atoms with Gasteiger partial charge >= 0.3 is 0 Å². The molecule has 1 aliphatic carbocycles. The van der Waals surface area contributed by atoms with Crippen LogP contribution in [0.2, 0.25) is 5.02 Å². The molecule has 2 aromatic rings. The van der Waals surface area contributed by atoms with Crippen LogP contribution in [-0.4, -0.2) is 6.04 Å². The van der Waals surface area contributed by atoms with E-state index in [9.17, 15) is 4.39 Å². The molecule has 1 unspecified atom stereocenters. The molecular formula is C17H17ClFN. The van der Waals surface area contributed by atoms with Crippen LogP contribution in [0.1, 0.15) is 29.7 Å². The Labute approximate surface area is 123 Å². The Hall–Kier alpha value is -1.38. The van der Waals surface area contributed by atoms with Gasteiger partial charge in [-0.05, 0) is 60.7 Å². The molecule has 0 amide bonds. The summed E-state index contributed by atoms with van der Waals surface area (Å²) in [6.07, 6.45) is 2.03. The number of fused-ring (bicyclic) bond motifs is 1. The molecule has 0 radical (unpaired) electrons. The maximum absolute atomic E-state index is 12.9. The molecule has 3 rings (SSSR count). The summed E-state index contributed by atoms with van der Waals surface area (Å²) in [5.74, 6) is -0.191. The molecule has 0 heterocycles. The van der Waals surface area contributed by atoms with Gasteiger partial charge in [-0.2, -0.15) is 0 Å². The lowest BCUT2D eigenvalue weighted by Gasteiger charge is -2.19. The summed E-state index contributed by atoms with van der Waals surface area (Å²) in [5.41, 5.74) is 3.82. The molecule has 0 spiro atoms. The molecule has 2 aromatic carbocycles. The van der Waals surface area contributed by atoms with Gasteiger partial charge in [0.2, 0.25) is 0 Å². The fourth-order valence-electron chi connectivity index (χ4n) is 2.91. The highest BCUT2D eigenvalue weighted by Gasteiger charge is 2.23. The van der Waals surface area contributed by atoms with E-state index in [-0.39, 0.29) is 11.9 Å². The van der Waals surface area contributed by atoms with Gasteiger partial charge in [0.25, 0.3) is 0 Å². The predicted molar refractivity (Wildman–Crippen MR) is 80.6 cm³/mol. The van der Waals surface area contributed by atoms with Crippen molar-refractivity contribution < 1.29 is 4.39 Å². The lowest BCUT2D eigenvalue weighted by Crippen LogP contribution is -2.32. The molecule has 1 N–H and O–H groups in total. The molecule has 104 valence electrons. The van der Waals surface area contributed by atoms with Crippen LogP contribution in [0.3, 0.4) is 0 Å². The molecule has 20 heavy (non-hydrogen) atoms. The predicted octanol–water partition coefficient (Wildman–Crippen LogP) is 4.30. The topological polar surface area (TPSA) is 12.0 Å². The first-order valence-electron chi connectivity index (χ1n) is 6.90. The highest BCUT2D eigenvalue weighted by Crippen LogP contribution is 2.27. The van der Waals surface area contributed by atoms with E-state index in [1.165, 1.54) is 23.3 Å². The zero-order valence-electron chi connectivity index (χ0n) is 11.4. The molecule has 1 nitrogen and oxygen atoms in total. The van der Waals surface area contributed by atoms with Crippen molar-refractivity contribution in [3.63, 3.8) is 0 Å². The van der Waals surface area contributed by atoms with Crippen molar-refractivity contribution in [1.82, 2.24) is 5.32 Å². The smallest absolute Gasteiger partial charge is 0.123 e. The number of hydrogen-bond donors (Lipinski definition) is 1. The monoisotopic (exact) mass is 289 g/mol. The van der Waals surface area contributed by atoms with E-state index < -0.39 is 0 Å². The summed E-state index contributed by atoms with van der Waals surface area (Å²) in [4.78, 5) is 0. The van der Waals surface area contributed by atoms with E-state index in [0.29, 0.717) is 6.04 Å². The molecule has 2 atom stereocenters. The van der Waals surface area contributed by atoms with Crippen LogP contribution >= 0.6 is 11.6 Å². The lowest BCUT2D eigenvalue weighted by atomic mass is 10.1. The molecule has 0 bridgehead atoms. The van der Waals surface area contributed by atoms with Gasteiger partial charge in [-0.15, -0.1) is 0 Å². The van der Waals surface area contributed by atoms with Crippen LogP contribution in [0.5, 0.6) is 0 Å². The van der Waals surface area contributed by atoms with E-state index in [1.54, 1.807) is 0 Å². The fourth-order valence-corrected chi connectivity index (χ4v) is 3.10. The first kappa shape index (κ1) is 13.6. The summed E-state index contributed by atoms with van der Waals surface area (Å²) in [5, 5.41) is 4.42. The Balaban J connectivity index is 1.67. The van der Waals surface area contributed by atoms with Crippen molar-refractivity contribution in [3.05, 3.63) is 70.0 Å². The highest BCUT2D eigenvalue weighted by molar-refractivity contribution is 6.30. The zero-order valence-corrected chi connectivity index (χ0v) is 12.1. The zero-order chi connectivity index (χ0) is 14.1. The normalized spacial score (nSPS) is 18.9. The molecule has 3 heteroatoms. The van der Waals surface area contributed by atoms with E-state index in [4.69, 9.17) is 11.6 Å². The van der Waals surface area contributed by atoms with Crippen molar-refractivity contribution in [2.45, 2.75) is 31.8 Å². The fraction of sp³-hybridized carbons (Fsp3) is 0.294. The summed E-state index contributed by atoms with van der Waals surface area (Å²) in [6, 6.07) is 13.5. The lowest BCUT2D eigenvalue weighted by molar-refractivity contribution is 0.467. The Morgan fingerprint density at radius 3 is 2.55 bits per heavy atom. The number of hydrogen-bond acceptors (Lipinski definition) is 1. The number of rotatable bonds is 3. The number of halogens is 2. The minimum Gasteiger partial charge on any atom is -0.307 e. The number of benzene rings is 2. The van der Waals surface area contributed by atoms with Crippen molar-refractivity contribution in [2.24, 2.45) is 0 Å². The largest absolute Gasteiger partial charge is 0.307 e. The van der Waals surface area contributed by atoms with E-state index >= 15 is 0 Å². The third-order valence-corrected chi connectivity index (χ3v) is 4.19. The average molecular weight is 290 g/mol. The van der Waals surface area contributed by atoms with E-state index in [1.807, 2.05) is 18.2 Å². The molecule has 0 aromatic heterocycles. The third-order valence-electron chi connectivity index (χ3n) is 3.96. The Bertz CT molecular complexity index is 609. The molecule has 0 saturated heterocycles. The van der Waals surface area contributed by atoms with E-state index in [0.717, 1.165) is 23.4 Å². The van der Waals surface area contributed by atoms with Gasteiger partial charge in [0, 0.05) is 17.1 Å². The molecule has 1 aliphatic rings. The Kier molecular flexibility index (Phi) is 3.77. The van der Waals surface area contributed by atoms with Crippen molar-refractivity contribution >= 4 is 11.6 Å². The van der Waals surface area contributed by atoms with Crippen LogP contribution in [0.25, 0.3) is 0 Å². The quantitative estimate of drug-likeness (QED) is 0.888. The van der Waals surface area contributed by atoms with Gasteiger partial charge in [-0.1, -0.05) is 29.8 Å². The first-order chi connectivity index (χ1) is 9.61. The summed E-state index contributed by atoms with van der Waals surface area (Å²) >= 11 is 6.03. The van der Waals surface area contributed by atoms with Gasteiger partial charge < -0.3 is 5.32 Å². The first-order valence-corrected chi connectivity index (χ1v) is 7.28. The molecule has 0 aliphatic heterocycles. The second-order valence-corrected chi connectivity index (χ2v) is 5.89. The standard InChI is InChI=1S/C17H17ClFN/c1-11(12-3-6-16(19)7-4-12)20-17-9-13-2-5-15(18)8-14(13)10-17/h2-8,11,17,20H,9-10H2,1H3/t11-,17?/m0/s1. The molecular weight excluding hydrogens is 273 g/mol. The van der Waals surface area contributed by atoms with Crippen LogP contribution in [0.15, 0.2) is 42.5 Å². The third kappa shape index (κ3) is 2.87. The maximum atomic E-state index is 12.9. The summed E-state index contributed by atoms with van der Waals surface area (Å²) in [6.45, 7) is 2.11. The SMILES string of the molecule is C[C@H](NC1Cc2ccc(Cl)cc2C1)c1ccc(F)cc1. The van der Waals surface area contributed by atoms with E-state index in [2.05, 4.69) is 24.4 Å². The second-order valence-electron chi connectivity index (χ2n) is 5.46. The Morgan fingerprint density at radius 2 is 1.80 bits per heavy atom.